The summed E-state index contributed by atoms with van der Waals surface area (Å²) in [6.07, 6.45) is 12.1. The molecular weight excluding hydrogens is 440 g/mol. The van der Waals surface area contributed by atoms with Crippen molar-refractivity contribution in [2.45, 2.75) is 95.6 Å². The van der Waals surface area contributed by atoms with Gasteiger partial charge in [-0.15, -0.1) is 0 Å². The van der Waals surface area contributed by atoms with Gasteiger partial charge in [-0.05, 0) is 111 Å². The fourth-order valence-corrected chi connectivity index (χ4v) is 9.66. The second-order valence-electron chi connectivity index (χ2n) is 13.0. The van der Waals surface area contributed by atoms with Gasteiger partial charge in [-0.1, -0.05) is 13.8 Å². The highest BCUT2D eigenvalue weighted by atomic mass is 16.4. The van der Waals surface area contributed by atoms with Gasteiger partial charge in [0.15, 0.2) is 0 Å². The SMILES string of the molecule is C[C@]12CC[C@H](NC(=O)C3CCNC3)CC1CC[C@@H]1[C@@H]2CC[C@]2(C)[C@@H](c3ccc(=O)oc3)CC[C@]12O. The van der Waals surface area contributed by atoms with Crippen LogP contribution in [0.5, 0.6) is 0 Å². The van der Waals surface area contributed by atoms with Crippen molar-refractivity contribution in [3.63, 3.8) is 0 Å². The monoisotopic (exact) mass is 482 g/mol. The molecule has 1 amide bonds. The fraction of sp³-hybridized carbons (Fsp3) is 0.793. The molecule has 6 rings (SSSR count). The van der Waals surface area contributed by atoms with Gasteiger partial charge in [-0.3, -0.25) is 4.79 Å². The molecule has 1 aromatic rings. The van der Waals surface area contributed by atoms with Crippen LogP contribution >= 0.6 is 0 Å². The molecule has 4 saturated carbocycles. The van der Waals surface area contributed by atoms with Crippen molar-refractivity contribution >= 4 is 5.91 Å². The number of fused-ring (bicyclic) bond motifs is 5. The van der Waals surface area contributed by atoms with E-state index in [2.05, 4.69) is 24.5 Å². The standard InChI is InChI=1S/C29H42N2O4/c1-27-11-7-21(31-26(33)18-10-14-30-16-18)15-20(27)4-5-24-23(27)8-12-28(2)22(9-13-29(24,28)34)19-3-6-25(32)35-17-19/h3,6,17-18,20-24,30,34H,4-5,7-16H2,1-2H3,(H,31,33)/t18?,20?,21-,22+,23-,24+,27-,28+,29-/m0/s1. The molecule has 5 aliphatic rings. The molecule has 0 aromatic carbocycles. The average molecular weight is 483 g/mol. The first kappa shape index (κ1) is 23.7. The predicted molar refractivity (Wildman–Crippen MR) is 134 cm³/mol. The van der Waals surface area contributed by atoms with E-state index in [-0.39, 0.29) is 34.2 Å². The molecule has 9 atom stereocenters. The van der Waals surface area contributed by atoms with Gasteiger partial charge in [0, 0.05) is 24.1 Å². The van der Waals surface area contributed by atoms with Crippen molar-refractivity contribution in [3.8, 4) is 0 Å². The molecule has 1 saturated heterocycles. The number of hydrogen-bond donors (Lipinski definition) is 3. The van der Waals surface area contributed by atoms with Gasteiger partial charge < -0.3 is 20.2 Å². The van der Waals surface area contributed by atoms with Crippen LogP contribution < -0.4 is 16.3 Å². The van der Waals surface area contributed by atoms with Crippen molar-refractivity contribution in [1.29, 1.82) is 0 Å². The first-order valence-electron chi connectivity index (χ1n) is 14.1. The number of hydrogen-bond acceptors (Lipinski definition) is 5. The molecule has 0 spiro atoms. The molecular formula is C29H42N2O4. The number of nitrogens with one attached hydrogen (secondary N) is 2. The molecule has 2 unspecified atom stereocenters. The van der Waals surface area contributed by atoms with Gasteiger partial charge in [0.2, 0.25) is 5.91 Å². The first-order chi connectivity index (χ1) is 16.7. The quantitative estimate of drug-likeness (QED) is 0.606. The van der Waals surface area contributed by atoms with E-state index in [1.54, 1.807) is 6.26 Å². The van der Waals surface area contributed by atoms with E-state index in [1.165, 1.54) is 6.07 Å². The van der Waals surface area contributed by atoms with Crippen molar-refractivity contribution in [2.24, 2.45) is 34.5 Å². The van der Waals surface area contributed by atoms with E-state index in [4.69, 9.17) is 4.42 Å². The zero-order valence-electron chi connectivity index (χ0n) is 21.4. The molecule has 6 nitrogen and oxygen atoms in total. The Hall–Kier alpha value is -1.66. The van der Waals surface area contributed by atoms with Crippen LogP contribution in [0.1, 0.15) is 89.5 Å². The molecule has 35 heavy (non-hydrogen) atoms. The van der Waals surface area contributed by atoms with Crippen molar-refractivity contribution < 1.29 is 14.3 Å². The number of aliphatic hydroxyl groups is 1. The number of amides is 1. The Bertz CT molecular complexity index is 1010. The lowest BCUT2D eigenvalue weighted by Crippen LogP contribution is -2.62. The molecule has 4 aliphatic carbocycles. The van der Waals surface area contributed by atoms with E-state index < -0.39 is 5.60 Å². The zero-order valence-corrected chi connectivity index (χ0v) is 21.4. The van der Waals surface area contributed by atoms with Gasteiger partial charge in [-0.25, -0.2) is 4.79 Å². The minimum atomic E-state index is -0.661. The van der Waals surface area contributed by atoms with Crippen LogP contribution in [-0.2, 0) is 4.79 Å². The number of carbonyl (C=O) groups is 1. The van der Waals surface area contributed by atoms with Gasteiger partial charge in [-0.2, -0.15) is 0 Å². The maximum Gasteiger partial charge on any atom is 0.335 e. The van der Waals surface area contributed by atoms with Crippen LogP contribution in [0.4, 0.5) is 0 Å². The third-order valence-corrected chi connectivity index (χ3v) is 11.8. The van der Waals surface area contributed by atoms with Gasteiger partial charge >= 0.3 is 5.63 Å². The van der Waals surface area contributed by atoms with Crippen LogP contribution in [0.2, 0.25) is 0 Å². The van der Waals surface area contributed by atoms with Gasteiger partial charge in [0.05, 0.1) is 17.8 Å². The maximum absolute atomic E-state index is 12.7. The summed E-state index contributed by atoms with van der Waals surface area (Å²) < 4.78 is 5.22. The molecule has 1 aliphatic heterocycles. The summed E-state index contributed by atoms with van der Waals surface area (Å²) in [7, 11) is 0. The second-order valence-corrected chi connectivity index (χ2v) is 13.0. The number of carbonyl (C=O) groups excluding carboxylic acids is 1. The topological polar surface area (TPSA) is 91.6 Å². The highest BCUT2D eigenvalue weighted by Gasteiger charge is 2.67. The summed E-state index contributed by atoms with van der Waals surface area (Å²) in [6.45, 7) is 6.56. The van der Waals surface area contributed by atoms with E-state index in [0.717, 1.165) is 82.9 Å². The molecule has 192 valence electrons. The van der Waals surface area contributed by atoms with Crippen LogP contribution in [-0.4, -0.2) is 35.7 Å². The highest BCUT2D eigenvalue weighted by Crippen LogP contribution is 2.70. The predicted octanol–water partition coefficient (Wildman–Crippen LogP) is 3.98. The van der Waals surface area contributed by atoms with Crippen molar-refractivity contribution in [1.82, 2.24) is 10.6 Å². The van der Waals surface area contributed by atoms with Crippen molar-refractivity contribution in [3.05, 3.63) is 34.4 Å². The molecule has 5 fully saturated rings. The zero-order chi connectivity index (χ0) is 24.4. The Morgan fingerprint density at radius 3 is 2.66 bits per heavy atom. The highest BCUT2D eigenvalue weighted by molar-refractivity contribution is 5.79. The van der Waals surface area contributed by atoms with Crippen LogP contribution in [0.25, 0.3) is 0 Å². The molecule has 6 heteroatoms. The van der Waals surface area contributed by atoms with Crippen LogP contribution in [0, 0.1) is 34.5 Å². The largest absolute Gasteiger partial charge is 0.431 e. The van der Waals surface area contributed by atoms with E-state index in [9.17, 15) is 14.7 Å². The van der Waals surface area contributed by atoms with Crippen LogP contribution in [0.15, 0.2) is 27.6 Å². The first-order valence-corrected chi connectivity index (χ1v) is 14.1. The molecule has 3 N–H and O–H groups in total. The lowest BCUT2D eigenvalue weighted by Gasteiger charge is -2.63. The Balaban J connectivity index is 1.19. The minimum Gasteiger partial charge on any atom is -0.431 e. The molecule has 0 radical (unpaired) electrons. The smallest absolute Gasteiger partial charge is 0.335 e. The van der Waals surface area contributed by atoms with Crippen LogP contribution in [0.3, 0.4) is 0 Å². The normalized spacial score (nSPS) is 46.9. The summed E-state index contributed by atoms with van der Waals surface area (Å²) in [4.78, 5) is 24.3. The lowest BCUT2D eigenvalue weighted by atomic mass is 9.43. The second kappa shape index (κ2) is 8.44. The lowest BCUT2D eigenvalue weighted by molar-refractivity contribution is -0.202. The van der Waals surface area contributed by atoms with E-state index in [0.29, 0.717) is 23.8 Å². The molecule has 0 bridgehead atoms. The van der Waals surface area contributed by atoms with Gasteiger partial charge in [0.1, 0.15) is 0 Å². The van der Waals surface area contributed by atoms with E-state index >= 15 is 0 Å². The third kappa shape index (κ3) is 3.57. The Morgan fingerprint density at radius 2 is 1.91 bits per heavy atom. The molecule has 2 heterocycles. The Kier molecular flexibility index (Phi) is 5.72. The summed E-state index contributed by atoms with van der Waals surface area (Å²) in [5.74, 6) is 2.12. The third-order valence-electron chi connectivity index (χ3n) is 11.8. The Labute approximate surface area is 208 Å². The van der Waals surface area contributed by atoms with E-state index in [1.807, 2.05) is 6.07 Å². The minimum absolute atomic E-state index is 0.136. The fourth-order valence-electron chi connectivity index (χ4n) is 9.66. The summed E-state index contributed by atoms with van der Waals surface area (Å²) in [6, 6.07) is 3.74. The Morgan fingerprint density at radius 1 is 1.06 bits per heavy atom. The average Bonchev–Trinajstić information content (AvgIpc) is 3.47. The molecule has 1 aromatic heterocycles. The summed E-state index contributed by atoms with van der Waals surface area (Å²) in [5, 5.41) is 19.1. The summed E-state index contributed by atoms with van der Waals surface area (Å²) >= 11 is 0. The van der Waals surface area contributed by atoms with Gasteiger partial charge in [0.25, 0.3) is 0 Å². The summed E-state index contributed by atoms with van der Waals surface area (Å²) in [5.41, 5.74) is 0.153. The van der Waals surface area contributed by atoms with Crippen molar-refractivity contribution in [2.75, 3.05) is 13.1 Å². The number of rotatable bonds is 3. The maximum atomic E-state index is 12.7.